The largest absolute Gasteiger partial charge is 0.460 e. The fourth-order valence-corrected chi connectivity index (χ4v) is 5.44. The van der Waals surface area contributed by atoms with Gasteiger partial charge in [-0.15, -0.1) is 0 Å². The number of fused-ring (bicyclic) bond motifs is 1. The summed E-state index contributed by atoms with van der Waals surface area (Å²) in [5, 5.41) is 0. The van der Waals surface area contributed by atoms with Crippen molar-refractivity contribution in [1.82, 2.24) is 4.90 Å². The number of hydrogen-bond donors (Lipinski definition) is 0. The van der Waals surface area contributed by atoms with Gasteiger partial charge in [0, 0.05) is 11.8 Å². The molecule has 0 N–H and O–H groups in total. The number of carbonyl (C=O) groups excluding carboxylic acids is 2. The van der Waals surface area contributed by atoms with E-state index in [0.29, 0.717) is 6.61 Å². The second-order valence-electron chi connectivity index (χ2n) is 8.98. The molecule has 0 unspecified atom stereocenters. The van der Waals surface area contributed by atoms with Crippen LogP contribution in [0.15, 0.2) is 91.0 Å². The zero-order valence-electron chi connectivity index (χ0n) is 19.2. The predicted octanol–water partition coefficient (Wildman–Crippen LogP) is 5.10. The highest BCUT2D eigenvalue weighted by molar-refractivity contribution is 6.00. The maximum absolute atomic E-state index is 14.0. The van der Waals surface area contributed by atoms with Crippen LogP contribution in [0.2, 0.25) is 0 Å². The quantitative estimate of drug-likeness (QED) is 0.384. The Balaban J connectivity index is 1.51. The first-order chi connectivity index (χ1) is 16.7. The normalized spacial score (nSPS) is 26.2. The monoisotopic (exact) mass is 455 g/mol. The Morgan fingerprint density at radius 3 is 2.12 bits per heavy atom. The van der Waals surface area contributed by atoms with Crippen LogP contribution in [0.1, 0.15) is 42.0 Å². The van der Waals surface area contributed by atoms with Crippen molar-refractivity contribution in [3.63, 3.8) is 0 Å². The first kappa shape index (κ1) is 22.4. The third-order valence-electron chi connectivity index (χ3n) is 7.06. The lowest BCUT2D eigenvalue weighted by molar-refractivity contribution is -0.171. The van der Waals surface area contributed by atoms with Gasteiger partial charge in [0.25, 0.3) is 0 Å². The third-order valence-corrected chi connectivity index (χ3v) is 7.06. The Kier molecular flexibility index (Phi) is 6.45. The molecule has 2 fully saturated rings. The van der Waals surface area contributed by atoms with Gasteiger partial charge in [0.2, 0.25) is 5.91 Å². The number of ether oxygens (including phenoxy) is 2. The van der Waals surface area contributed by atoms with E-state index in [1.54, 1.807) is 4.90 Å². The summed E-state index contributed by atoms with van der Waals surface area (Å²) in [7, 11) is 0. The van der Waals surface area contributed by atoms with Crippen LogP contribution >= 0.6 is 0 Å². The van der Waals surface area contributed by atoms with Crippen molar-refractivity contribution in [2.24, 2.45) is 11.8 Å². The first-order valence-electron chi connectivity index (χ1n) is 11.9. The van der Waals surface area contributed by atoms with E-state index in [4.69, 9.17) is 9.47 Å². The third kappa shape index (κ3) is 4.12. The highest BCUT2D eigenvalue weighted by Gasteiger charge is 2.56. The highest BCUT2D eigenvalue weighted by atomic mass is 16.5. The molecule has 0 saturated carbocycles. The minimum Gasteiger partial charge on any atom is -0.460 e. The van der Waals surface area contributed by atoms with E-state index in [0.717, 1.165) is 23.1 Å². The molecule has 3 aromatic rings. The number of piperidine rings is 1. The summed E-state index contributed by atoms with van der Waals surface area (Å²) in [6.45, 7) is 2.66. The van der Waals surface area contributed by atoms with E-state index in [1.165, 1.54) is 0 Å². The minimum absolute atomic E-state index is 0.0249. The summed E-state index contributed by atoms with van der Waals surface area (Å²) in [4.78, 5) is 29.4. The van der Waals surface area contributed by atoms with E-state index < -0.39 is 11.9 Å². The molecule has 2 saturated heterocycles. The molecule has 2 aliphatic heterocycles. The Labute approximate surface area is 200 Å². The van der Waals surface area contributed by atoms with Crippen LogP contribution in [0, 0.1) is 11.8 Å². The lowest BCUT2D eigenvalue weighted by Gasteiger charge is -2.45. The molecule has 1 amide bonds. The molecule has 0 aliphatic carbocycles. The Hall–Kier alpha value is -3.44. The smallest absolute Gasteiger partial charge is 0.319 e. The van der Waals surface area contributed by atoms with E-state index in [9.17, 15) is 9.59 Å². The van der Waals surface area contributed by atoms with Gasteiger partial charge in [-0.3, -0.25) is 9.59 Å². The predicted molar refractivity (Wildman–Crippen MR) is 128 cm³/mol. The van der Waals surface area contributed by atoms with Gasteiger partial charge in [0.15, 0.2) is 0 Å². The molecule has 2 aliphatic rings. The molecule has 5 atom stereocenters. The van der Waals surface area contributed by atoms with Crippen molar-refractivity contribution >= 4 is 11.9 Å². The number of benzene rings is 3. The number of nitrogens with zero attached hydrogens (tertiary/aromatic N) is 1. The van der Waals surface area contributed by atoms with Gasteiger partial charge in [0.1, 0.15) is 18.8 Å². The standard InChI is InChI=1S/C29H29NO4/c1-2-23-25(22-16-10-5-11-17-22)26(29(32)34-18-20-12-6-3-7-13-20)27(31)30-24(19-33-28(23)30)21-14-8-4-9-15-21/h3-17,23-26,28H,2,18-19H2,1H3/t23-,24-,25+,26-,28+/m0/s1. The summed E-state index contributed by atoms with van der Waals surface area (Å²) < 4.78 is 12.0. The number of rotatable bonds is 6. The zero-order chi connectivity index (χ0) is 23.5. The van der Waals surface area contributed by atoms with Crippen LogP contribution in [0.25, 0.3) is 0 Å². The molecule has 2 heterocycles. The average Bonchev–Trinajstić information content (AvgIpc) is 3.34. The van der Waals surface area contributed by atoms with Gasteiger partial charge in [0.05, 0.1) is 12.6 Å². The molecule has 3 aromatic carbocycles. The van der Waals surface area contributed by atoms with Crippen molar-refractivity contribution in [2.75, 3.05) is 6.61 Å². The molecule has 0 bridgehead atoms. The Bertz CT molecular complexity index is 1120. The van der Waals surface area contributed by atoms with Gasteiger partial charge in [-0.25, -0.2) is 0 Å². The molecule has 5 heteroatoms. The number of carbonyl (C=O) groups is 2. The van der Waals surface area contributed by atoms with Gasteiger partial charge in [-0.1, -0.05) is 97.9 Å². The molecule has 5 rings (SSSR count). The van der Waals surface area contributed by atoms with Crippen LogP contribution in [0.4, 0.5) is 0 Å². The number of amides is 1. The van der Waals surface area contributed by atoms with Crippen LogP contribution in [-0.4, -0.2) is 29.6 Å². The second kappa shape index (κ2) is 9.82. The lowest BCUT2D eigenvalue weighted by Crippen LogP contribution is -2.56. The summed E-state index contributed by atoms with van der Waals surface area (Å²) in [5.74, 6) is -1.94. The molecule has 0 radical (unpaired) electrons. The molecule has 0 aromatic heterocycles. The first-order valence-corrected chi connectivity index (χ1v) is 11.9. The van der Waals surface area contributed by atoms with E-state index in [1.807, 2.05) is 91.0 Å². The van der Waals surface area contributed by atoms with E-state index in [2.05, 4.69) is 6.92 Å². The Morgan fingerprint density at radius 2 is 1.50 bits per heavy atom. The Morgan fingerprint density at radius 1 is 0.912 bits per heavy atom. The molecule has 174 valence electrons. The van der Waals surface area contributed by atoms with Crippen LogP contribution in [0.5, 0.6) is 0 Å². The second-order valence-corrected chi connectivity index (χ2v) is 8.98. The summed E-state index contributed by atoms with van der Waals surface area (Å²) >= 11 is 0. The lowest BCUT2D eigenvalue weighted by atomic mass is 9.71. The van der Waals surface area contributed by atoms with E-state index >= 15 is 0 Å². The van der Waals surface area contributed by atoms with Gasteiger partial charge >= 0.3 is 5.97 Å². The fourth-order valence-electron chi connectivity index (χ4n) is 5.44. The topological polar surface area (TPSA) is 55.8 Å². The van der Waals surface area contributed by atoms with Crippen molar-refractivity contribution in [3.05, 3.63) is 108 Å². The van der Waals surface area contributed by atoms with Crippen molar-refractivity contribution in [2.45, 2.75) is 38.1 Å². The summed E-state index contributed by atoms with van der Waals surface area (Å²) in [5.41, 5.74) is 2.88. The average molecular weight is 456 g/mol. The SMILES string of the molecule is CC[C@H]1[C@@H](c2ccccc2)[C@H](C(=O)OCc2ccccc2)C(=O)N2[C@@H]1OC[C@H]2c1ccccc1. The van der Waals surface area contributed by atoms with E-state index in [-0.39, 0.29) is 36.6 Å². The van der Waals surface area contributed by atoms with Crippen LogP contribution in [0.3, 0.4) is 0 Å². The molecule has 34 heavy (non-hydrogen) atoms. The number of esters is 1. The molecular formula is C29H29NO4. The van der Waals surface area contributed by atoms with Gasteiger partial charge in [-0.2, -0.15) is 0 Å². The van der Waals surface area contributed by atoms with Crippen LogP contribution in [-0.2, 0) is 25.7 Å². The fraction of sp³-hybridized carbons (Fsp3) is 0.310. The van der Waals surface area contributed by atoms with Gasteiger partial charge in [-0.05, 0) is 23.1 Å². The summed E-state index contributed by atoms with van der Waals surface area (Å²) in [6.07, 6.45) is 0.406. The van der Waals surface area contributed by atoms with Crippen LogP contribution < -0.4 is 0 Å². The van der Waals surface area contributed by atoms with Crippen molar-refractivity contribution in [1.29, 1.82) is 0 Å². The van der Waals surface area contributed by atoms with Gasteiger partial charge < -0.3 is 14.4 Å². The van der Waals surface area contributed by atoms with Crippen molar-refractivity contribution in [3.8, 4) is 0 Å². The highest BCUT2D eigenvalue weighted by Crippen LogP contribution is 2.49. The van der Waals surface area contributed by atoms with Crippen molar-refractivity contribution < 1.29 is 19.1 Å². The number of hydrogen-bond acceptors (Lipinski definition) is 4. The zero-order valence-corrected chi connectivity index (χ0v) is 19.2. The summed E-state index contributed by atoms with van der Waals surface area (Å²) in [6, 6.07) is 29.1. The molecular weight excluding hydrogens is 426 g/mol. The maximum atomic E-state index is 14.0. The minimum atomic E-state index is -0.916. The molecule has 5 nitrogen and oxygen atoms in total. The molecule has 0 spiro atoms. The maximum Gasteiger partial charge on any atom is 0.319 e.